The van der Waals surface area contributed by atoms with Crippen LogP contribution in [0.15, 0.2) is 11.6 Å². The number of aliphatic carboxylic acids is 1. The van der Waals surface area contributed by atoms with Crippen LogP contribution in [-0.2, 0) is 14.4 Å². The number of nitrogens with zero attached hydrogens (tertiary/aromatic N) is 2. The highest BCUT2D eigenvalue weighted by atomic mass is 16.4. The summed E-state index contributed by atoms with van der Waals surface area (Å²) in [7, 11) is 3.63. The summed E-state index contributed by atoms with van der Waals surface area (Å²) in [4.78, 5) is 41.5. The zero-order valence-electron chi connectivity index (χ0n) is 20.2. The first kappa shape index (κ1) is 26.1. The van der Waals surface area contributed by atoms with Gasteiger partial charge in [-0.3, -0.25) is 14.5 Å². The molecular formula is C23H41N3O4. The lowest BCUT2D eigenvalue weighted by Gasteiger charge is -2.40. The van der Waals surface area contributed by atoms with E-state index in [-0.39, 0.29) is 35.4 Å². The summed E-state index contributed by atoms with van der Waals surface area (Å²) in [5.74, 6) is -0.844. The van der Waals surface area contributed by atoms with Gasteiger partial charge in [0.05, 0.1) is 12.1 Å². The Bertz CT molecular complexity index is 666. The van der Waals surface area contributed by atoms with E-state index in [0.717, 1.165) is 19.4 Å². The minimum absolute atomic E-state index is 0.0231. The maximum Gasteiger partial charge on any atom is 0.331 e. The van der Waals surface area contributed by atoms with Gasteiger partial charge in [-0.25, -0.2) is 4.79 Å². The summed E-state index contributed by atoms with van der Waals surface area (Å²) in [6, 6.07) is -1.33. The van der Waals surface area contributed by atoms with Crippen molar-refractivity contribution in [3.63, 3.8) is 0 Å². The van der Waals surface area contributed by atoms with Gasteiger partial charge in [0.1, 0.15) is 6.04 Å². The monoisotopic (exact) mass is 423 g/mol. The van der Waals surface area contributed by atoms with E-state index in [2.05, 4.69) is 17.1 Å². The van der Waals surface area contributed by atoms with Crippen molar-refractivity contribution < 1.29 is 19.5 Å². The highest BCUT2D eigenvalue weighted by molar-refractivity contribution is 5.91. The maximum absolute atomic E-state index is 13.5. The molecule has 1 saturated heterocycles. The number of carbonyl (C=O) groups excluding carboxylic acids is 2. The van der Waals surface area contributed by atoms with Crippen LogP contribution in [0.4, 0.5) is 0 Å². The second-order valence-electron chi connectivity index (χ2n) is 10.3. The number of carbonyl (C=O) groups is 3. The molecule has 0 radical (unpaired) electrons. The Labute approximate surface area is 181 Å². The summed E-state index contributed by atoms with van der Waals surface area (Å²) < 4.78 is 0. The number of carboxylic acids is 1. The summed E-state index contributed by atoms with van der Waals surface area (Å²) in [5, 5.41) is 12.3. The van der Waals surface area contributed by atoms with Gasteiger partial charge in [-0.15, -0.1) is 0 Å². The van der Waals surface area contributed by atoms with Gasteiger partial charge in [0.25, 0.3) is 0 Å². The molecule has 1 unspecified atom stereocenters. The van der Waals surface area contributed by atoms with Crippen LogP contribution in [0.2, 0.25) is 0 Å². The van der Waals surface area contributed by atoms with Crippen LogP contribution in [0.3, 0.4) is 0 Å². The molecule has 0 aliphatic carbocycles. The van der Waals surface area contributed by atoms with Crippen molar-refractivity contribution in [1.82, 2.24) is 15.1 Å². The number of nitrogens with one attached hydrogen (secondary N) is 1. The Morgan fingerprint density at radius 3 is 2.27 bits per heavy atom. The van der Waals surface area contributed by atoms with Crippen LogP contribution in [0, 0.1) is 17.3 Å². The molecule has 0 spiro atoms. The minimum Gasteiger partial charge on any atom is -0.478 e. The number of likely N-dealkylation sites (tertiary alicyclic amines) is 1. The molecule has 1 heterocycles. The molecule has 1 fully saturated rings. The van der Waals surface area contributed by atoms with Crippen molar-refractivity contribution in [3.05, 3.63) is 11.6 Å². The molecule has 0 aromatic rings. The summed E-state index contributed by atoms with van der Waals surface area (Å²) >= 11 is 0. The standard InChI is InChI=1S/C23H41N3O4/c1-14(2)17(13-16(4)22(29)30)26(9)21(28)19(23(5,6)7)24-20(27)18-12-15(3)10-11-25(18)8/h13-15,17-19H,10-12H2,1-9H3,(H,24,27)(H,29,30)/t15-,17-,18?,19-/m1/s1. The Morgan fingerprint density at radius 2 is 1.80 bits per heavy atom. The zero-order chi connectivity index (χ0) is 23.4. The summed E-state index contributed by atoms with van der Waals surface area (Å²) in [5.41, 5.74) is -0.296. The number of rotatable bonds is 7. The van der Waals surface area contributed by atoms with E-state index >= 15 is 0 Å². The van der Waals surface area contributed by atoms with Crippen molar-refractivity contribution in [3.8, 4) is 0 Å². The largest absolute Gasteiger partial charge is 0.478 e. The quantitative estimate of drug-likeness (QED) is 0.615. The average molecular weight is 424 g/mol. The first-order chi connectivity index (χ1) is 13.7. The Balaban J connectivity index is 3.12. The Morgan fingerprint density at radius 1 is 1.23 bits per heavy atom. The SMILES string of the molecule is CC(=C[C@H](C(C)C)N(C)C(=O)[C@@H](NC(=O)C1C[C@H](C)CCN1C)C(C)(C)C)C(=O)O. The molecule has 172 valence electrons. The molecule has 1 aliphatic heterocycles. The van der Waals surface area contributed by atoms with Gasteiger partial charge in [0.2, 0.25) is 11.8 Å². The van der Waals surface area contributed by atoms with Crippen molar-refractivity contribution in [2.75, 3.05) is 20.6 Å². The molecule has 1 aliphatic rings. The van der Waals surface area contributed by atoms with Gasteiger partial charge in [0, 0.05) is 12.6 Å². The summed E-state index contributed by atoms with van der Waals surface area (Å²) in [6.45, 7) is 14.2. The number of hydrogen-bond donors (Lipinski definition) is 2. The van der Waals surface area contributed by atoms with E-state index in [9.17, 15) is 19.5 Å². The fourth-order valence-corrected chi connectivity index (χ4v) is 3.88. The molecular weight excluding hydrogens is 382 g/mol. The Hall–Kier alpha value is -1.89. The topological polar surface area (TPSA) is 90.0 Å². The highest BCUT2D eigenvalue weighted by Gasteiger charge is 2.39. The van der Waals surface area contributed by atoms with Crippen molar-refractivity contribution in [2.24, 2.45) is 17.3 Å². The second kappa shape index (κ2) is 10.4. The van der Waals surface area contributed by atoms with Gasteiger partial charge < -0.3 is 15.3 Å². The van der Waals surface area contributed by atoms with Crippen molar-refractivity contribution in [1.29, 1.82) is 0 Å². The highest BCUT2D eigenvalue weighted by Crippen LogP contribution is 2.26. The molecule has 7 nitrogen and oxygen atoms in total. The average Bonchev–Trinajstić information content (AvgIpc) is 2.63. The number of likely N-dealkylation sites (N-methyl/N-ethyl adjacent to an activating group) is 2. The normalized spacial score (nSPS) is 23.1. The van der Waals surface area contributed by atoms with E-state index in [0.29, 0.717) is 5.92 Å². The van der Waals surface area contributed by atoms with Gasteiger partial charge >= 0.3 is 5.97 Å². The number of piperidine rings is 1. The predicted molar refractivity (Wildman–Crippen MR) is 119 cm³/mol. The third-order valence-corrected chi connectivity index (χ3v) is 6.07. The first-order valence-corrected chi connectivity index (χ1v) is 10.9. The molecule has 2 N–H and O–H groups in total. The number of hydrogen-bond acceptors (Lipinski definition) is 4. The molecule has 0 bridgehead atoms. The molecule has 1 rings (SSSR count). The van der Waals surface area contributed by atoms with Crippen LogP contribution >= 0.6 is 0 Å². The van der Waals surface area contributed by atoms with Gasteiger partial charge in [-0.1, -0.05) is 47.6 Å². The minimum atomic E-state index is -1.00. The van der Waals surface area contributed by atoms with Crippen molar-refractivity contribution in [2.45, 2.75) is 79.4 Å². The lowest BCUT2D eigenvalue weighted by Crippen LogP contribution is -2.60. The fraction of sp³-hybridized carbons (Fsp3) is 0.783. The van der Waals surface area contributed by atoms with E-state index in [1.54, 1.807) is 18.0 Å². The maximum atomic E-state index is 13.5. The molecule has 30 heavy (non-hydrogen) atoms. The third-order valence-electron chi connectivity index (χ3n) is 6.07. The number of carboxylic acid groups (broad SMARTS) is 1. The van der Waals surface area contributed by atoms with E-state index in [4.69, 9.17) is 0 Å². The van der Waals surface area contributed by atoms with E-state index in [1.165, 1.54) is 6.92 Å². The molecule has 2 amide bonds. The smallest absolute Gasteiger partial charge is 0.331 e. The fourth-order valence-electron chi connectivity index (χ4n) is 3.88. The lowest BCUT2D eigenvalue weighted by atomic mass is 9.84. The Kier molecular flexibility index (Phi) is 9.08. The molecule has 0 aromatic heterocycles. The van der Waals surface area contributed by atoms with Gasteiger partial charge in [0.15, 0.2) is 0 Å². The van der Waals surface area contributed by atoms with Crippen molar-refractivity contribution >= 4 is 17.8 Å². The van der Waals surface area contributed by atoms with Crippen LogP contribution in [0.25, 0.3) is 0 Å². The summed E-state index contributed by atoms with van der Waals surface area (Å²) in [6.07, 6.45) is 3.46. The third kappa shape index (κ3) is 6.83. The van der Waals surface area contributed by atoms with Crippen LogP contribution < -0.4 is 5.32 Å². The van der Waals surface area contributed by atoms with Gasteiger partial charge in [-0.2, -0.15) is 0 Å². The molecule has 7 heteroatoms. The van der Waals surface area contributed by atoms with Crippen LogP contribution in [0.5, 0.6) is 0 Å². The van der Waals surface area contributed by atoms with Crippen LogP contribution in [0.1, 0.15) is 61.3 Å². The molecule has 4 atom stereocenters. The molecule has 0 aromatic carbocycles. The van der Waals surface area contributed by atoms with E-state index < -0.39 is 17.4 Å². The first-order valence-electron chi connectivity index (χ1n) is 10.9. The molecule has 0 saturated carbocycles. The van der Waals surface area contributed by atoms with E-state index in [1.807, 2.05) is 41.7 Å². The van der Waals surface area contributed by atoms with Gasteiger partial charge in [-0.05, 0) is 50.6 Å². The number of amides is 2. The van der Waals surface area contributed by atoms with Crippen LogP contribution in [-0.4, -0.2) is 71.5 Å². The predicted octanol–water partition coefficient (Wildman–Crippen LogP) is 2.76. The zero-order valence-corrected chi connectivity index (χ0v) is 20.2. The lowest BCUT2D eigenvalue weighted by molar-refractivity contribution is -0.141. The second-order valence-corrected chi connectivity index (χ2v) is 10.3.